The Morgan fingerprint density at radius 2 is 2.26 bits per heavy atom. The maximum absolute atomic E-state index is 12.0. The summed E-state index contributed by atoms with van der Waals surface area (Å²) >= 11 is 3.41. The SMILES string of the molecule is COCC(O)CN(C)C(=O)Nc1cccc(Br)c1C. The Morgan fingerprint density at radius 3 is 2.89 bits per heavy atom. The molecule has 0 heterocycles. The molecule has 0 aliphatic carbocycles. The van der Waals surface area contributed by atoms with Crippen molar-refractivity contribution in [3.8, 4) is 0 Å². The zero-order valence-electron chi connectivity index (χ0n) is 11.3. The van der Waals surface area contributed by atoms with Crippen molar-refractivity contribution in [2.75, 3.05) is 32.6 Å². The lowest BCUT2D eigenvalue weighted by Gasteiger charge is -2.21. The smallest absolute Gasteiger partial charge is 0.321 e. The van der Waals surface area contributed by atoms with Gasteiger partial charge in [-0.1, -0.05) is 22.0 Å². The second-order valence-electron chi connectivity index (χ2n) is 4.33. The number of carbonyl (C=O) groups is 1. The number of nitrogens with one attached hydrogen (secondary N) is 1. The maximum atomic E-state index is 12.0. The van der Waals surface area contributed by atoms with Crippen molar-refractivity contribution in [3.63, 3.8) is 0 Å². The first kappa shape index (κ1) is 15.9. The number of hydrogen-bond acceptors (Lipinski definition) is 3. The molecule has 1 aromatic rings. The number of urea groups is 1. The first-order valence-electron chi connectivity index (χ1n) is 5.90. The van der Waals surface area contributed by atoms with Crippen LogP contribution < -0.4 is 5.32 Å². The average Bonchev–Trinajstić information content (AvgIpc) is 2.35. The van der Waals surface area contributed by atoms with E-state index in [0.29, 0.717) is 0 Å². The third-order valence-corrected chi connectivity index (χ3v) is 3.56. The van der Waals surface area contributed by atoms with Crippen molar-refractivity contribution < 1.29 is 14.6 Å². The molecule has 2 N–H and O–H groups in total. The standard InChI is InChI=1S/C13H19BrN2O3/c1-9-11(14)5-4-6-12(9)15-13(18)16(2)7-10(17)8-19-3/h4-6,10,17H,7-8H2,1-3H3,(H,15,18). The summed E-state index contributed by atoms with van der Waals surface area (Å²) in [5, 5.41) is 12.4. The molecule has 1 aromatic carbocycles. The minimum Gasteiger partial charge on any atom is -0.389 e. The summed E-state index contributed by atoms with van der Waals surface area (Å²) < 4.78 is 5.76. The summed E-state index contributed by atoms with van der Waals surface area (Å²) in [4.78, 5) is 13.4. The fraction of sp³-hybridized carbons (Fsp3) is 0.462. The highest BCUT2D eigenvalue weighted by molar-refractivity contribution is 9.10. The van der Waals surface area contributed by atoms with E-state index in [4.69, 9.17) is 4.74 Å². The van der Waals surface area contributed by atoms with E-state index in [0.717, 1.165) is 15.7 Å². The Kier molecular flexibility index (Phi) is 6.27. The van der Waals surface area contributed by atoms with Gasteiger partial charge in [0.05, 0.1) is 19.3 Å². The van der Waals surface area contributed by atoms with Gasteiger partial charge in [0.1, 0.15) is 0 Å². The second kappa shape index (κ2) is 7.47. The van der Waals surface area contributed by atoms with Gasteiger partial charge in [0.2, 0.25) is 0 Å². The molecule has 2 amide bonds. The van der Waals surface area contributed by atoms with Crippen molar-refractivity contribution in [2.45, 2.75) is 13.0 Å². The molecule has 0 aliphatic rings. The molecule has 1 atom stereocenters. The molecule has 0 fully saturated rings. The van der Waals surface area contributed by atoms with Crippen LogP contribution in [0, 0.1) is 6.92 Å². The van der Waals surface area contributed by atoms with Crippen molar-refractivity contribution in [1.82, 2.24) is 4.90 Å². The number of rotatable bonds is 5. The largest absolute Gasteiger partial charge is 0.389 e. The van der Waals surface area contributed by atoms with Crippen LogP contribution in [0.25, 0.3) is 0 Å². The summed E-state index contributed by atoms with van der Waals surface area (Å²) in [6, 6.07) is 5.33. The van der Waals surface area contributed by atoms with Gasteiger partial charge in [-0.2, -0.15) is 0 Å². The van der Waals surface area contributed by atoms with Crippen LogP contribution in [0.5, 0.6) is 0 Å². The Balaban J connectivity index is 2.61. The number of benzene rings is 1. The van der Waals surface area contributed by atoms with E-state index in [-0.39, 0.29) is 19.2 Å². The highest BCUT2D eigenvalue weighted by atomic mass is 79.9. The summed E-state index contributed by atoms with van der Waals surface area (Å²) in [5.74, 6) is 0. The van der Waals surface area contributed by atoms with E-state index in [1.54, 1.807) is 7.05 Å². The normalized spacial score (nSPS) is 12.1. The molecule has 19 heavy (non-hydrogen) atoms. The van der Waals surface area contributed by atoms with E-state index >= 15 is 0 Å². The van der Waals surface area contributed by atoms with Crippen LogP contribution >= 0.6 is 15.9 Å². The summed E-state index contributed by atoms with van der Waals surface area (Å²) in [6.45, 7) is 2.33. The molecule has 6 heteroatoms. The number of likely N-dealkylation sites (N-methyl/N-ethyl adjacent to an activating group) is 1. The van der Waals surface area contributed by atoms with E-state index in [9.17, 15) is 9.90 Å². The molecule has 0 bridgehead atoms. The number of halogens is 1. The second-order valence-corrected chi connectivity index (χ2v) is 5.19. The van der Waals surface area contributed by atoms with Crippen LogP contribution in [-0.4, -0.2) is 49.5 Å². The van der Waals surface area contributed by atoms with E-state index < -0.39 is 6.10 Å². The predicted octanol–water partition coefficient (Wildman–Crippen LogP) is 2.23. The molecule has 0 aromatic heterocycles. The average molecular weight is 331 g/mol. The molecule has 0 radical (unpaired) electrons. The lowest BCUT2D eigenvalue weighted by molar-refractivity contribution is 0.0501. The number of amides is 2. The van der Waals surface area contributed by atoms with Crippen LogP contribution in [0.2, 0.25) is 0 Å². The fourth-order valence-corrected chi connectivity index (χ4v) is 1.96. The van der Waals surface area contributed by atoms with Gasteiger partial charge in [-0.15, -0.1) is 0 Å². The van der Waals surface area contributed by atoms with Gasteiger partial charge in [-0.3, -0.25) is 0 Å². The van der Waals surface area contributed by atoms with Crippen molar-refractivity contribution >= 4 is 27.6 Å². The first-order chi connectivity index (χ1) is 8.95. The van der Waals surface area contributed by atoms with Gasteiger partial charge < -0.3 is 20.1 Å². The molecule has 106 valence electrons. The third-order valence-electron chi connectivity index (χ3n) is 2.70. The lowest BCUT2D eigenvalue weighted by Crippen LogP contribution is -2.38. The van der Waals surface area contributed by atoms with Crippen LogP contribution in [0.1, 0.15) is 5.56 Å². The predicted molar refractivity (Wildman–Crippen MR) is 78.4 cm³/mol. The van der Waals surface area contributed by atoms with Crippen LogP contribution in [0.15, 0.2) is 22.7 Å². The number of carbonyl (C=O) groups excluding carboxylic acids is 1. The minimum atomic E-state index is -0.690. The molecule has 5 nitrogen and oxygen atoms in total. The Bertz CT molecular complexity index is 440. The van der Waals surface area contributed by atoms with Crippen LogP contribution in [0.3, 0.4) is 0 Å². The Hall–Kier alpha value is -1.11. The van der Waals surface area contributed by atoms with Gasteiger partial charge in [-0.05, 0) is 24.6 Å². The lowest BCUT2D eigenvalue weighted by atomic mass is 10.2. The zero-order chi connectivity index (χ0) is 14.4. The van der Waals surface area contributed by atoms with Crippen molar-refractivity contribution in [2.24, 2.45) is 0 Å². The van der Waals surface area contributed by atoms with Gasteiger partial charge in [0, 0.05) is 24.3 Å². The molecule has 0 spiro atoms. The number of aliphatic hydroxyl groups excluding tert-OH is 1. The van der Waals surface area contributed by atoms with Crippen molar-refractivity contribution in [3.05, 3.63) is 28.2 Å². The zero-order valence-corrected chi connectivity index (χ0v) is 12.9. The number of anilines is 1. The number of ether oxygens (including phenoxy) is 1. The summed E-state index contributed by atoms with van der Waals surface area (Å²) in [5.41, 5.74) is 1.70. The first-order valence-corrected chi connectivity index (χ1v) is 6.69. The summed E-state index contributed by atoms with van der Waals surface area (Å²) in [6.07, 6.45) is -0.690. The molecule has 0 aliphatic heterocycles. The minimum absolute atomic E-state index is 0.202. The molecule has 0 saturated heterocycles. The van der Waals surface area contributed by atoms with Crippen LogP contribution in [0.4, 0.5) is 10.5 Å². The van der Waals surface area contributed by atoms with Gasteiger partial charge in [-0.25, -0.2) is 4.79 Å². The van der Waals surface area contributed by atoms with E-state index in [1.807, 2.05) is 25.1 Å². The highest BCUT2D eigenvalue weighted by Crippen LogP contribution is 2.23. The Morgan fingerprint density at radius 1 is 1.58 bits per heavy atom. The molecule has 1 unspecified atom stereocenters. The molecule has 0 saturated carbocycles. The van der Waals surface area contributed by atoms with E-state index in [1.165, 1.54) is 12.0 Å². The fourth-order valence-electron chi connectivity index (χ4n) is 1.60. The monoisotopic (exact) mass is 330 g/mol. The van der Waals surface area contributed by atoms with Gasteiger partial charge in [0.15, 0.2) is 0 Å². The number of nitrogens with zero attached hydrogens (tertiary/aromatic N) is 1. The maximum Gasteiger partial charge on any atom is 0.321 e. The van der Waals surface area contributed by atoms with Gasteiger partial charge in [0.25, 0.3) is 0 Å². The quantitative estimate of drug-likeness (QED) is 0.870. The van der Waals surface area contributed by atoms with Gasteiger partial charge >= 0.3 is 6.03 Å². The van der Waals surface area contributed by atoms with Crippen molar-refractivity contribution in [1.29, 1.82) is 0 Å². The van der Waals surface area contributed by atoms with Crippen LogP contribution in [-0.2, 0) is 4.74 Å². The van der Waals surface area contributed by atoms with E-state index in [2.05, 4.69) is 21.2 Å². The number of methoxy groups -OCH3 is 1. The third kappa shape index (κ3) is 4.81. The number of aliphatic hydroxyl groups is 1. The Labute approximate surface area is 121 Å². The highest BCUT2D eigenvalue weighted by Gasteiger charge is 2.14. The molecule has 1 rings (SSSR count). The summed E-state index contributed by atoms with van der Waals surface area (Å²) in [7, 11) is 3.13. The topological polar surface area (TPSA) is 61.8 Å². The molecular weight excluding hydrogens is 312 g/mol. The molecular formula is C13H19BrN2O3. The number of hydrogen-bond donors (Lipinski definition) is 2.